The number of carbonyl (C=O) groups is 1. The van der Waals surface area contributed by atoms with Crippen molar-refractivity contribution in [3.05, 3.63) is 88.1 Å². The van der Waals surface area contributed by atoms with Gasteiger partial charge >= 0.3 is 18.0 Å². The first-order valence-corrected chi connectivity index (χ1v) is 9.82. The van der Waals surface area contributed by atoms with Gasteiger partial charge in [-0.05, 0) is 55.5 Å². The van der Waals surface area contributed by atoms with Gasteiger partial charge in [0.25, 0.3) is 0 Å². The second-order valence-corrected chi connectivity index (χ2v) is 7.19. The molecule has 4 aromatic rings. The van der Waals surface area contributed by atoms with E-state index in [0.717, 1.165) is 28.4 Å². The number of hydrogen-bond acceptors (Lipinski definition) is 5. The van der Waals surface area contributed by atoms with Crippen LogP contribution < -0.4 is 5.69 Å². The predicted molar refractivity (Wildman–Crippen MR) is 115 cm³/mol. The molecule has 0 fully saturated rings. The van der Waals surface area contributed by atoms with E-state index in [0.29, 0.717) is 16.9 Å². The summed E-state index contributed by atoms with van der Waals surface area (Å²) in [7, 11) is 1.09. The van der Waals surface area contributed by atoms with Crippen LogP contribution in [0.2, 0.25) is 0 Å². The number of benzene rings is 2. The molecule has 2 heterocycles. The number of nitrogens with zero attached hydrogens (tertiary/aromatic N) is 5. The molecule has 0 saturated carbocycles. The maximum Gasteiger partial charge on any atom is 0.422 e. The van der Waals surface area contributed by atoms with E-state index in [1.807, 2.05) is 6.07 Å². The van der Waals surface area contributed by atoms with Crippen molar-refractivity contribution in [2.24, 2.45) is 0 Å². The minimum Gasteiger partial charge on any atom is -0.452 e. The molecule has 0 bridgehead atoms. The first-order valence-electron chi connectivity index (χ1n) is 9.82. The highest BCUT2D eigenvalue weighted by atomic mass is 19.4. The summed E-state index contributed by atoms with van der Waals surface area (Å²) < 4.78 is 47.8. The number of hydrogen-bond donors (Lipinski definition) is 0. The molecule has 0 amide bonds. The van der Waals surface area contributed by atoms with Crippen molar-refractivity contribution in [2.45, 2.75) is 13.1 Å². The predicted octanol–water partition coefficient (Wildman–Crippen LogP) is 4.31. The van der Waals surface area contributed by atoms with Gasteiger partial charge in [-0.2, -0.15) is 28.1 Å². The number of halogens is 3. The molecule has 11 heteroatoms. The van der Waals surface area contributed by atoms with Crippen molar-refractivity contribution >= 4 is 6.09 Å². The molecule has 0 aliphatic rings. The summed E-state index contributed by atoms with van der Waals surface area (Å²) >= 11 is 0. The van der Waals surface area contributed by atoms with Crippen LogP contribution in [0.1, 0.15) is 16.8 Å². The van der Waals surface area contributed by atoms with E-state index in [4.69, 9.17) is 10.00 Å². The summed E-state index contributed by atoms with van der Waals surface area (Å²) in [6.07, 6.45) is -4.18. The fraction of sp³-hybridized carbons (Fsp3) is 0.130. The largest absolute Gasteiger partial charge is 0.452 e. The molecule has 4 rings (SSSR count). The average Bonchev–Trinajstić information content (AvgIpc) is 3.40. The normalized spacial score (nSPS) is 11.3. The Balaban J connectivity index is 1.98. The van der Waals surface area contributed by atoms with Crippen molar-refractivity contribution in [1.29, 1.82) is 5.26 Å². The standard InChI is InChI=1S/C23H16F3N5O3/c1-14-20(19-10-11-28-31(19)17-8-6-15(13-27)7-9-17)30(22(33)34-2)21(32)29(14)18-5-3-4-16(12-18)23(24,25)26/h3-12H,1-2H3. The van der Waals surface area contributed by atoms with Crippen LogP contribution in [0.15, 0.2) is 65.6 Å². The van der Waals surface area contributed by atoms with Gasteiger partial charge in [0.05, 0.1) is 53.3 Å². The van der Waals surface area contributed by atoms with Crippen LogP contribution >= 0.6 is 0 Å². The van der Waals surface area contributed by atoms with Crippen LogP contribution in [0.5, 0.6) is 0 Å². The smallest absolute Gasteiger partial charge is 0.422 e. The highest BCUT2D eigenvalue weighted by molar-refractivity contribution is 5.79. The molecule has 8 nitrogen and oxygen atoms in total. The summed E-state index contributed by atoms with van der Waals surface area (Å²) in [6.45, 7) is 1.51. The molecule has 0 unspecified atom stereocenters. The van der Waals surface area contributed by atoms with Gasteiger partial charge in [-0.25, -0.2) is 14.3 Å². The van der Waals surface area contributed by atoms with Crippen molar-refractivity contribution in [2.75, 3.05) is 7.11 Å². The highest BCUT2D eigenvalue weighted by Crippen LogP contribution is 2.32. The first kappa shape index (κ1) is 22.6. The first-order chi connectivity index (χ1) is 16.2. The number of alkyl halides is 3. The molecule has 0 aliphatic carbocycles. The van der Waals surface area contributed by atoms with Gasteiger partial charge < -0.3 is 4.74 Å². The lowest BCUT2D eigenvalue weighted by Crippen LogP contribution is -2.29. The summed E-state index contributed by atoms with van der Waals surface area (Å²) in [6, 6.07) is 14.2. The molecule has 172 valence electrons. The Morgan fingerprint density at radius 1 is 1.09 bits per heavy atom. The summed E-state index contributed by atoms with van der Waals surface area (Å²) in [5.74, 6) is 0. The lowest BCUT2D eigenvalue weighted by molar-refractivity contribution is -0.137. The summed E-state index contributed by atoms with van der Waals surface area (Å²) in [4.78, 5) is 25.9. The third-order valence-corrected chi connectivity index (χ3v) is 5.20. The average molecular weight is 467 g/mol. The van der Waals surface area contributed by atoms with Crippen LogP contribution in [0, 0.1) is 18.3 Å². The Morgan fingerprint density at radius 3 is 2.41 bits per heavy atom. The summed E-state index contributed by atoms with van der Waals surface area (Å²) in [5, 5.41) is 13.3. The van der Waals surface area contributed by atoms with E-state index >= 15 is 0 Å². The summed E-state index contributed by atoms with van der Waals surface area (Å²) in [5.41, 5.74) is -0.329. The number of carbonyl (C=O) groups excluding carboxylic acids is 1. The van der Waals surface area contributed by atoms with Gasteiger partial charge in [-0.3, -0.25) is 4.57 Å². The number of imidazole rings is 1. The van der Waals surface area contributed by atoms with Crippen LogP contribution in [-0.2, 0) is 10.9 Å². The molecule has 0 saturated heterocycles. The SMILES string of the molecule is COC(=O)n1c(-c2ccnn2-c2ccc(C#N)cc2)c(C)n(-c2cccc(C(F)(F)F)c2)c1=O. The second kappa shape index (κ2) is 8.40. The Morgan fingerprint density at radius 2 is 1.79 bits per heavy atom. The Bertz CT molecular complexity index is 1490. The van der Waals surface area contributed by atoms with Gasteiger partial charge in [0.1, 0.15) is 5.69 Å². The zero-order valence-electron chi connectivity index (χ0n) is 17.9. The Labute approximate surface area is 190 Å². The quantitative estimate of drug-likeness (QED) is 0.448. The van der Waals surface area contributed by atoms with Crippen LogP contribution in [0.4, 0.5) is 18.0 Å². The zero-order chi connectivity index (χ0) is 24.6. The molecule has 0 N–H and O–H groups in total. The minimum absolute atomic E-state index is 0.0642. The number of rotatable bonds is 3. The zero-order valence-corrected chi connectivity index (χ0v) is 17.9. The number of aromatic nitrogens is 4. The lowest BCUT2D eigenvalue weighted by Gasteiger charge is -2.11. The number of nitriles is 1. The molecule has 0 atom stereocenters. The second-order valence-electron chi connectivity index (χ2n) is 7.19. The fourth-order valence-electron chi connectivity index (χ4n) is 3.66. The molecule has 0 radical (unpaired) electrons. The van der Waals surface area contributed by atoms with Crippen molar-refractivity contribution in [3.8, 4) is 28.8 Å². The van der Waals surface area contributed by atoms with Crippen LogP contribution in [0.3, 0.4) is 0 Å². The molecule has 0 aliphatic heterocycles. The van der Waals surface area contributed by atoms with Crippen LogP contribution in [0.25, 0.3) is 22.8 Å². The third kappa shape index (κ3) is 3.75. The molecule has 34 heavy (non-hydrogen) atoms. The van der Waals surface area contributed by atoms with Crippen molar-refractivity contribution < 1.29 is 22.7 Å². The fourth-order valence-corrected chi connectivity index (χ4v) is 3.66. The topological polar surface area (TPSA) is 94.8 Å². The van der Waals surface area contributed by atoms with E-state index in [1.165, 1.54) is 29.9 Å². The number of methoxy groups -OCH3 is 1. The van der Waals surface area contributed by atoms with Crippen molar-refractivity contribution in [1.82, 2.24) is 18.9 Å². The molecular formula is C23H16F3N5O3. The van der Waals surface area contributed by atoms with Gasteiger partial charge in [0, 0.05) is 0 Å². The molecule has 2 aromatic carbocycles. The van der Waals surface area contributed by atoms with Gasteiger partial charge in [0.15, 0.2) is 0 Å². The van der Waals surface area contributed by atoms with Gasteiger partial charge in [-0.1, -0.05) is 6.07 Å². The maximum atomic E-state index is 13.3. The van der Waals surface area contributed by atoms with Crippen LogP contribution in [-0.4, -0.2) is 32.1 Å². The molecule has 2 aromatic heterocycles. The molecular weight excluding hydrogens is 451 g/mol. The van der Waals surface area contributed by atoms with E-state index in [2.05, 4.69) is 5.10 Å². The van der Waals surface area contributed by atoms with E-state index in [9.17, 15) is 22.8 Å². The van der Waals surface area contributed by atoms with E-state index in [-0.39, 0.29) is 17.1 Å². The maximum absolute atomic E-state index is 13.3. The molecule has 0 spiro atoms. The minimum atomic E-state index is -4.62. The highest BCUT2D eigenvalue weighted by Gasteiger charge is 2.32. The Kier molecular flexibility index (Phi) is 5.58. The van der Waals surface area contributed by atoms with E-state index < -0.39 is 23.5 Å². The third-order valence-electron chi connectivity index (χ3n) is 5.20. The van der Waals surface area contributed by atoms with E-state index in [1.54, 1.807) is 30.3 Å². The van der Waals surface area contributed by atoms with Gasteiger partial charge in [0.2, 0.25) is 0 Å². The number of ether oxygens (including phenoxy) is 1. The van der Waals surface area contributed by atoms with Gasteiger partial charge in [-0.15, -0.1) is 0 Å². The Hall–Kier alpha value is -4.59. The lowest BCUT2D eigenvalue weighted by atomic mass is 10.2. The van der Waals surface area contributed by atoms with Crippen molar-refractivity contribution in [3.63, 3.8) is 0 Å². The monoisotopic (exact) mass is 467 g/mol.